The van der Waals surface area contributed by atoms with Gasteiger partial charge in [0, 0.05) is 25.6 Å². The zero-order valence-electron chi connectivity index (χ0n) is 11.2. The van der Waals surface area contributed by atoms with Gasteiger partial charge < -0.3 is 15.3 Å². The molecule has 0 saturated carbocycles. The molecule has 2 N–H and O–H groups in total. The lowest BCUT2D eigenvalue weighted by atomic mass is 10.1. The number of carboxylic acid groups (broad SMARTS) is 1. The number of hydrogen-bond acceptors (Lipinski definition) is 2. The van der Waals surface area contributed by atoms with Crippen LogP contribution >= 0.6 is 0 Å². The molecule has 0 saturated heterocycles. The van der Waals surface area contributed by atoms with Crippen LogP contribution in [0.5, 0.6) is 0 Å². The van der Waals surface area contributed by atoms with E-state index in [9.17, 15) is 9.59 Å². The minimum Gasteiger partial charge on any atom is -0.481 e. The number of hydrogen-bond donors (Lipinski definition) is 2. The van der Waals surface area contributed by atoms with Crippen LogP contribution in [0.15, 0.2) is 0 Å². The molecule has 0 aromatic heterocycles. The van der Waals surface area contributed by atoms with Gasteiger partial charge in [-0.25, -0.2) is 4.79 Å². The van der Waals surface area contributed by atoms with Gasteiger partial charge in [0.2, 0.25) is 0 Å². The molecule has 5 nitrogen and oxygen atoms in total. The number of rotatable bonds is 7. The molecule has 0 aromatic rings. The minimum absolute atomic E-state index is 0.0490. The molecule has 17 heavy (non-hydrogen) atoms. The molecule has 0 heterocycles. The molecule has 2 unspecified atom stereocenters. The average Bonchev–Trinajstić information content (AvgIpc) is 2.26. The van der Waals surface area contributed by atoms with E-state index >= 15 is 0 Å². The van der Waals surface area contributed by atoms with E-state index in [1.807, 2.05) is 27.7 Å². The molecule has 0 fully saturated rings. The molecule has 0 rings (SSSR count). The zero-order valence-corrected chi connectivity index (χ0v) is 11.2. The number of amides is 2. The normalized spacial score (nSPS) is 13.9. The standard InChI is InChI=1S/C12H24N2O3/c1-5-10(4)14(6-2)12(17)13-8-9(3)7-11(15)16/h9-10H,5-8H2,1-4H3,(H,13,17)(H,15,16). The predicted octanol–water partition coefficient (Wildman–Crippen LogP) is 1.93. The van der Waals surface area contributed by atoms with Gasteiger partial charge in [-0.2, -0.15) is 0 Å². The highest BCUT2D eigenvalue weighted by molar-refractivity contribution is 5.74. The van der Waals surface area contributed by atoms with Crippen molar-refractivity contribution in [3.05, 3.63) is 0 Å². The minimum atomic E-state index is -0.832. The molecule has 5 heteroatoms. The lowest BCUT2D eigenvalue weighted by molar-refractivity contribution is -0.137. The third kappa shape index (κ3) is 6.14. The van der Waals surface area contributed by atoms with Crippen molar-refractivity contribution in [3.8, 4) is 0 Å². The van der Waals surface area contributed by atoms with Gasteiger partial charge in [-0.3, -0.25) is 4.79 Å². The first-order chi connectivity index (χ1) is 7.92. The van der Waals surface area contributed by atoms with Crippen molar-refractivity contribution in [3.63, 3.8) is 0 Å². The van der Waals surface area contributed by atoms with Crippen molar-refractivity contribution >= 4 is 12.0 Å². The fourth-order valence-electron chi connectivity index (χ4n) is 1.61. The molecule has 0 aliphatic heterocycles. The number of aliphatic carboxylic acids is 1. The average molecular weight is 244 g/mol. The Morgan fingerprint density at radius 2 is 1.88 bits per heavy atom. The lowest BCUT2D eigenvalue weighted by Gasteiger charge is -2.27. The summed E-state index contributed by atoms with van der Waals surface area (Å²) in [4.78, 5) is 24.1. The third-order valence-corrected chi connectivity index (χ3v) is 2.85. The van der Waals surface area contributed by atoms with Gasteiger partial charge in [0.05, 0.1) is 0 Å². The maximum absolute atomic E-state index is 11.8. The summed E-state index contributed by atoms with van der Waals surface area (Å²) in [5.41, 5.74) is 0. The molecule has 0 aromatic carbocycles. The Kier molecular flexibility index (Phi) is 7.34. The van der Waals surface area contributed by atoms with Crippen molar-refractivity contribution in [2.75, 3.05) is 13.1 Å². The summed E-state index contributed by atoms with van der Waals surface area (Å²) in [6.07, 6.45) is 0.988. The monoisotopic (exact) mass is 244 g/mol. The van der Waals surface area contributed by atoms with E-state index in [0.29, 0.717) is 13.1 Å². The molecule has 100 valence electrons. The Hall–Kier alpha value is -1.26. The van der Waals surface area contributed by atoms with Crippen LogP contribution in [-0.4, -0.2) is 41.1 Å². The first-order valence-corrected chi connectivity index (χ1v) is 6.18. The summed E-state index contributed by atoms with van der Waals surface area (Å²) in [5, 5.41) is 11.4. The van der Waals surface area contributed by atoms with Crippen molar-refractivity contribution in [2.24, 2.45) is 5.92 Å². The van der Waals surface area contributed by atoms with Crippen LogP contribution in [0.2, 0.25) is 0 Å². The van der Waals surface area contributed by atoms with E-state index in [2.05, 4.69) is 5.32 Å². The van der Waals surface area contributed by atoms with Crippen LogP contribution in [-0.2, 0) is 4.79 Å². The number of carbonyl (C=O) groups is 2. The molecule has 0 radical (unpaired) electrons. The summed E-state index contributed by atoms with van der Waals surface area (Å²) in [7, 11) is 0. The number of nitrogens with zero attached hydrogens (tertiary/aromatic N) is 1. The van der Waals surface area contributed by atoms with Crippen molar-refractivity contribution < 1.29 is 14.7 Å². The van der Waals surface area contributed by atoms with Crippen molar-refractivity contribution in [1.29, 1.82) is 0 Å². The summed E-state index contributed by atoms with van der Waals surface area (Å²) in [6.45, 7) is 8.85. The topological polar surface area (TPSA) is 69.6 Å². The highest BCUT2D eigenvalue weighted by atomic mass is 16.4. The van der Waals surface area contributed by atoms with Crippen LogP contribution in [0.4, 0.5) is 4.79 Å². The molecular weight excluding hydrogens is 220 g/mol. The molecule has 0 spiro atoms. The van der Waals surface area contributed by atoms with Crippen molar-refractivity contribution in [1.82, 2.24) is 10.2 Å². The highest BCUT2D eigenvalue weighted by Crippen LogP contribution is 2.04. The van der Waals surface area contributed by atoms with Crippen LogP contribution in [0, 0.1) is 5.92 Å². The SMILES string of the molecule is CCC(C)N(CC)C(=O)NCC(C)CC(=O)O. The second-order valence-electron chi connectivity index (χ2n) is 4.43. The summed E-state index contributed by atoms with van der Waals surface area (Å²) in [6, 6.07) is 0.0915. The largest absolute Gasteiger partial charge is 0.481 e. The van der Waals surface area contributed by atoms with Gasteiger partial charge in [0.25, 0.3) is 0 Å². The van der Waals surface area contributed by atoms with E-state index in [-0.39, 0.29) is 24.4 Å². The quantitative estimate of drug-likeness (QED) is 0.719. The second-order valence-corrected chi connectivity index (χ2v) is 4.43. The first-order valence-electron chi connectivity index (χ1n) is 6.18. The van der Waals surface area contributed by atoms with E-state index in [4.69, 9.17) is 5.11 Å². The maximum atomic E-state index is 11.8. The third-order valence-electron chi connectivity index (χ3n) is 2.85. The van der Waals surface area contributed by atoms with Gasteiger partial charge in [-0.1, -0.05) is 13.8 Å². The Bertz CT molecular complexity index is 256. The van der Waals surface area contributed by atoms with E-state index in [0.717, 1.165) is 6.42 Å². The number of carbonyl (C=O) groups excluding carboxylic acids is 1. The summed E-state index contributed by atoms with van der Waals surface area (Å²) in [5.74, 6) is -0.881. The lowest BCUT2D eigenvalue weighted by Crippen LogP contribution is -2.45. The van der Waals surface area contributed by atoms with Crippen LogP contribution in [0.3, 0.4) is 0 Å². The zero-order chi connectivity index (χ0) is 13.4. The number of carboxylic acids is 1. The summed E-state index contributed by atoms with van der Waals surface area (Å²) < 4.78 is 0. The smallest absolute Gasteiger partial charge is 0.317 e. The molecular formula is C12H24N2O3. The van der Waals surface area contributed by atoms with Crippen LogP contribution in [0.1, 0.15) is 40.5 Å². The summed E-state index contributed by atoms with van der Waals surface area (Å²) >= 11 is 0. The molecule has 0 aliphatic carbocycles. The van der Waals surface area contributed by atoms with Crippen LogP contribution in [0.25, 0.3) is 0 Å². The first kappa shape index (κ1) is 15.7. The Balaban J connectivity index is 4.10. The van der Waals surface area contributed by atoms with Crippen molar-refractivity contribution in [2.45, 2.75) is 46.6 Å². The fourth-order valence-corrected chi connectivity index (χ4v) is 1.61. The molecule has 0 aliphatic rings. The molecule has 0 bridgehead atoms. The van der Waals surface area contributed by atoms with Gasteiger partial charge in [-0.05, 0) is 26.2 Å². The maximum Gasteiger partial charge on any atom is 0.317 e. The van der Waals surface area contributed by atoms with Crippen LogP contribution < -0.4 is 5.32 Å². The van der Waals surface area contributed by atoms with E-state index in [1.165, 1.54) is 0 Å². The second kappa shape index (κ2) is 7.92. The van der Waals surface area contributed by atoms with Gasteiger partial charge >= 0.3 is 12.0 Å². The Morgan fingerprint density at radius 3 is 2.29 bits per heavy atom. The molecule has 2 amide bonds. The van der Waals surface area contributed by atoms with E-state index in [1.54, 1.807) is 4.90 Å². The van der Waals surface area contributed by atoms with Gasteiger partial charge in [0.1, 0.15) is 0 Å². The number of urea groups is 1. The van der Waals surface area contributed by atoms with E-state index < -0.39 is 5.97 Å². The predicted molar refractivity (Wildman–Crippen MR) is 66.9 cm³/mol. The van der Waals surface area contributed by atoms with Gasteiger partial charge in [-0.15, -0.1) is 0 Å². The molecule has 2 atom stereocenters. The fraction of sp³-hybridized carbons (Fsp3) is 0.833. The Labute approximate surface area is 103 Å². The van der Waals surface area contributed by atoms with Gasteiger partial charge in [0.15, 0.2) is 0 Å². The number of nitrogens with one attached hydrogen (secondary N) is 1. The Morgan fingerprint density at radius 1 is 1.29 bits per heavy atom. The highest BCUT2D eigenvalue weighted by Gasteiger charge is 2.17.